The highest BCUT2D eigenvalue weighted by Crippen LogP contribution is 2.17. The second-order valence-corrected chi connectivity index (χ2v) is 5.13. The minimum Gasteiger partial charge on any atom is -0.661 e. The summed E-state index contributed by atoms with van der Waals surface area (Å²) in [6.45, 7) is 6.05. The van der Waals surface area contributed by atoms with Crippen molar-refractivity contribution in [2.24, 2.45) is 0 Å². The molecule has 144 valence electrons. The van der Waals surface area contributed by atoms with E-state index >= 15 is 0 Å². The Morgan fingerprint density at radius 1 is 1.35 bits per heavy atom. The average Bonchev–Trinajstić information content (AvgIpc) is 3.04. The van der Waals surface area contributed by atoms with Gasteiger partial charge in [0.2, 0.25) is 6.33 Å². The molecule has 0 N–H and O–H groups in total. The van der Waals surface area contributed by atoms with Gasteiger partial charge in [-0.3, -0.25) is 0 Å². The lowest BCUT2D eigenvalue weighted by molar-refractivity contribution is -0.697. The maximum Gasteiger partial charge on any atom is 0.490 e. The Hall–Kier alpha value is -2.62. The van der Waals surface area contributed by atoms with Crippen molar-refractivity contribution in [3.05, 3.63) is 48.3 Å². The first-order chi connectivity index (χ1) is 12.2. The van der Waals surface area contributed by atoms with Gasteiger partial charge in [0, 0.05) is 0 Å². The zero-order chi connectivity index (χ0) is 19.7. The van der Waals surface area contributed by atoms with Crippen LogP contribution in [0.25, 0.3) is 0 Å². The number of imidazole rings is 1. The van der Waals surface area contributed by atoms with E-state index in [4.69, 9.17) is 9.99 Å². The largest absolute Gasteiger partial charge is 0.661 e. The van der Waals surface area contributed by atoms with Crippen molar-refractivity contribution in [1.29, 1.82) is 0 Å². The molecule has 0 atom stereocenters. The molecule has 2 rings (SSSR count). The Balaban J connectivity index is 0.000000359. The van der Waals surface area contributed by atoms with E-state index in [1.54, 1.807) is 6.07 Å². The quantitative estimate of drug-likeness (QED) is 0.344. The van der Waals surface area contributed by atoms with Gasteiger partial charge in [-0.25, -0.2) is 18.3 Å². The molecular formula is C16H18F4N2O4. The lowest BCUT2D eigenvalue weighted by Gasteiger charge is -2.07. The van der Waals surface area contributed by atoms with E-state index in [-0.39, 0.29) is 5.82 Å². The zero-order valence-corrected chi connectivity index (χ0v) is 14.1. The molecule has 0 unspecified atom stereocenters. The highest BCUT2D eigenvalue weighted by molar-refractivity contribution is 5.74. The van der Waals surface area contributed by atoms with E-state index in [2.05, 4.69) is 16.4 Å². The summed E-state index contributed by atoms with van der Waals surface area (Å²) >= 11 is 0. The summed E-state index contributed by atoms with van der Waals surface area (Å²) in [5.74, 6) is -2.71. The molecule has 0 saturated heterocycles. The fourth-order valence-corrected chi connectivity index (χ4v) is 1.79. The number of aromatic nitrogens is 2. The van der Waals surface area contributed by atoms with Gasteiger partial charge in [-0.05, 0) is 31.5 Å². The van der Waals surface area contributed by atoms with E-state index in [1.807, 2.05) is 36.3 Å². The topological polar surface area (TPSA) is 67.4 Å². The van der Waals surface area contributed by atoms with Gasteiger partial charge in [-0.1, -0.05) is 6.07 Å². The lowest BCUT2D eigenvalue weighted by atomic mass is 10.2. The van der Waals surface area contributed by atoms with Crippen molar-refractivity contribution >= 4 is 5.97 Å². The van der Waals surface area contributed by atoms with Crippen LogP contribution >= 0.6 is 0 Å². The fraction of sp³-hybridized carbons (Fsp3) is 0.375. The first-order valence-corrected chi connectivity index (χ1v) is 7.52. The summed E-state index contributed by atoms with van der Waals surface area (Å²) in [6.07, 6.45) is 0.835. The standard InChI is InChI=1S/C14H18FN2O.C2HF3O3/c1-3-16-6-7-17(11-16)8-9-18-14-5-4-12(2)10-13(14)15;3-2(4,5)1(6)8-7/h4-7,10-11H,3,8-9H2,1-2H3;7H/q+1;/p-1. The van der Waals surface area contributed by atoms with Gasteiger partial charge in [0.05, 0.1) is 6.54 Å². The van der Waals surface area contributed by atoms with Crippen LogP contribution in [0.3, 0.4) is 0 Å². The number of hydrogen-bond acceptors (Lipinski definition) is 4. The fourth-order valence-electron chi connectivity index (χ4n) is 1.79. The number of nitrogens with zero attached hydrogens (tertiary/aromatic N) is 2. The van der Waals surface area contributed by atoms with E-state index in [9.17, 15) is 22.4 Å². The van der Waals surface area contributed by atoms with Crippen molar-refractivity contribution in [3.8, 4) is 5.75 Å². The number of alkyl halides is 3. The predicted molar refractivity (Wildman–Crippen MR) is 79.1 cm³/mol. The Morgan fingerprint density at radius 2 is 2.04 bits per heavy atom. The molecule has 0 bridgehead atoms. The number of halogens is 4. The monoisotopic (exact) mass is 378 g/mol. The van der Waals surface area contributed by atoms with Crippen molar-refractivity contribution in [2.45, 2.75) is 33.1 Å². The van der Waals surface area contributed by atoms with Crippen LogP contribution in [0.2, 0.25) is 0 Å². The summed E-state index contributed by atoms with van der Waals surface area (Å²) in [7, 11) is 0. The smallest absolute Gasteiger partial charge is 0.490 e. The van der Waals surface area contributed by atoms with Gasteiger partial charge in [0.25, 0.3) is 0 Å². The van der Waals surface area contributed by atoms with Gasteiger partial charge < -0.3 is 14.9 Å². The highest BCUT2D eigenvalue weighted by atomic mass is 19.4. The van der Waals surface area contributed by atoms with Crippen LogP contribution in [0.1, 0.15) is 12.5 Å². The van der Waals surface area contributed by atoms with Gasteiger partial charge >= 0.3 is 12.1 Å². The Labute approximate surface area is 147 Å². The number of ether oxygens (including phenoxy) is 1. The summed E-state index contributed by atoms with van der Waals surface area (Å²) in [5.41, 5.74) is 0.897. The number of hydrogen-bond donors (Lipinski definition) is 0. The van der Waals surface area contributed by atoms with Crippen molar-refractivity contribution in [2.75, 3.05) is 6.61 Å². The molecule has 0 aliphatic carbocycles. The van der Waals surface area contributed by atoms with Crippen LogP contribution in [-0.2, 0) is 22.8 Å². The van der Waals surface area contributed by atoms with Crippen LogP contribution in [0, 0.1) is 12.7 Å². The normalized spacial score (nSPS) is 10.7. The third-order valence-corrected chi connectivity index (χ3v) is 3.11. The van der Waals surface area contributed by atoms with Crippen molar-refractivity contribution < 1.29 is 41.8 Å². The van der Waals surface area contributed by atoms with E-state index in [0.29, 0.717) is 18.9 Å². The molecule has 0 saturated carbocycles. The molecule has 1 aromatic heterocycles. The third kappa shape index (κ3) is 7.09. The predicted octanol–water partition coefficient (Wildman–Crippen LogP) is 1.69. The minimum atomic E-state index is -5.16. The summed E-state index contributed by atoms with van der Waals surface area (Å²) in [4.78, 5) is 11.3. The maximum atomic E-state index is 13.5. The Bertz CT molecular complexity index is 717. The summed E-state index contributed by atoms with van der Waals surface area (Å²) in [6, 6.07) is 5.00. The van der Waals surface area contributed by atoms with Crippen molar-refractivity contribution in [3.63, 3.8) is 0 Å². The van der Waals surface area contributed by atoms with Crippen LogP contribution in [-0.4, -0.2) is 23.3 Å². The second-order valence-electron chi connectivity index (χ2n) is 5.13. The minimum absolute atomic E-state index is 0.300. The molecule has 0 amide bonds. The molecule has 1 heterocycles. The number of benzene rings is 1. The molecule has 1 aromatic carbocycles. The SMILES string of the molecule is CCn1cc[n+](CCOc2ccc(C)cc2F)c1.O=C(O[O-])C(F)(F)F. The molecule has 0 spiro atoms. The Morgan fingerprint density at radius 3 is 2.50 bits per heavy atom. The molecule has 0 aliphatic heterocycles. The molecule has 26 heavy (non-hydrogen) atoms. The van der Waals surface area contributed by atoms with Gasteiger partial charge in [0.1, 0.15) is 25.5 Å². The highest BCUT2D eigenvalue weighted by Gasteiger charge is 2.39. The third-order valence-electron chi connectivity index (χ3n) is 3.11. The van der Waals surface area contributed by atoms with Gasteiger partial charge in [0.15, 0.2) is 11.6 Å². The maximum absolute atomic E-state index is 13.5. The lowest BCUT2D eigenvalue weighted by Crippen LogP contribution is -2.34. The summed E-state index contributed by atoms with van der Waals surface area (Å²) < 4.78 is 55.4. The first kappa shape index (κ1) is 21.4. The second kappa shape index (κ2) is 9.76. The number of carbonyl (C=O) groups excluding carboxylic acids is 1. The molecular weight excluding hydrogens is 360 g/mol. The van der Waals surface area contributed by atoms with Crippen LogP contribution in [0.4, 0.5) is 17.6 Å². The summed E-state index contributed by atoms with van der Waals surface area (Å²) in [5, 5.41) is 8.71. The van der Waals surface area contributed by atoms with E-state index < -0.39 is 12.1 Å². The van der Waals surface area contributed by atoms with E-state index in [1.165, 1.54) is 6.07 Å². The Kier molecular flexibility index (Phi) is 8.04. The average molecular weight is 378 g/mol. The van der Waals surface area contributed by atoms with Gasteiger partial charge in [-0.2, -0.15) is 13.2 Å². The van der Waals surface area contributed by atoms with Crippen molar-refractivity contribution in [1.82, 2.24) is 4.57 Å². The molecule has 6 nitrogen and oxygen atoms in total. The van der Waals surface area contributed by atoms with Crippen LogP contribution in [0.5, 0.6) is 5.75 Å². The number of carbonyl (C=O) groups is 1. The van der Waals surface area contributed by atoms with Crippen LogP contribution in [0.15, 0.2) is 36.9 Å². The first-order valence-electron chi connectivity index (χ1n) is 7.52. The number of rotatable bonds is 5. The zero-order valence-electron chi connectivity index (χ0n) is 14.1. The van der Waals surface area contributed by atoms with E-state index in [0.717, 1.165) is 12.1 Å². The molecule has 0 aliphatic rings. The molecule has 10 heteroatoms. The van der Waals surface area contributed by atoms with Gasteiger partial charge in [-0.15, -0.1) is 0 Å². The van der Waals surface area contributed by atoms with Crippen LogP contribution < -0.4 is 14.6 Å². The molecule has 2 aromatic rings. The molecule has 0 fully saturated rings. The molecule has 0 radical (unpaired) electrons. The number of aryl methyl sites for hydroxylation is 2.